The van der Waals surface area contributed by atoms with Crippen LogP contribution >= 0.6 is 11.8 Å². The molecule has 0 aliphatic carbocycles. The average molecular weight is 458 g/mol. The fourth-order valence-electron chi connectivity index (χ4n) is 2.97. The molecule has 8 nitrogen and oxygen atoms in total. The first-order chi connectivity index (χ1) is 15.4. The molecule has 10 heteroatoms. The second-order valence-corrected chi connectivity index (χ2v) is 7.79. The Hall–Kier alpha value is -3.40. The molecule has 0 bridgehead atoms. The SMILES string of the molecule is CCn1c(SCC(=O)Nc2ccc(F)cc2)nnc1[C@@H](C)NC(=O)c1ccc(OC)cc1. The molecule has 0 unspecified atom stereocenters. The molecule has 168 valence electrons. The Morgan fingerprint density at radius 2 is 1.81 bits per heavy atom. The summed E-state index contributed by atoms with van der Waals surface area (Å²) in [6.07, 6.45) is 0. The second kappa shape index (κ2) is 10.8. The van der Waals surface area contributed by atoms with Crippen molar-refractivity contribution in [2.75, 3.05) is 18.2 Å². The van der Waals surface area contributed by atoms with Crippen LogP contribution in [0.15, 0.2) is 53.7 Å². The van der Waals surface area contributed by atoms with Crippen LogP contribution in [-0.2, 0) is 11.3 Å². The minimum Gasteiger partial charge on any atom is -0.497 e. The number of benzene rings is 2. The molecule has 2 amide bonds. The van der Waals surface area contributed by atoms with Gasteiger partial charge in [-0.15, -0.1) is 10.2 Å². The Morgan fingerprint density at radius 1 is 1.12 bits per heavy atom. The number of amides is 2. The number of rotatable bonds is 9. The van der Waals surface area contributed by atoms with Gasteiger partial charge in [-0.2, -0.15) is 0 Å². The summed E-state index contributed by atoms with van der Waals surface area (Å²) in [5, 5.41) is 14.6. The lowest BCUT2D eigenvalue weighted by molar-refractivity contribution is -0.113. The minimum atomic E-state index is -0.389. The Morgan fingerprint density at radius 3 is 2.44 bits per heavy atom. The van der Waals surface area contributed by atoms with Crippen LogP contribution in [0.5, 0.6) is 5.75 Å². The van der Waals surface area contributed by atoms with E-state index in [-0.39, 0.29) is 29.4 Å². The van der Waals surface area contributed by atoms with E-state index < -0.39 is 0 Å². The summed E-state index contributed by atoms with van der Waals surface area (Å²) in [4.78, 5) is 24.8. The minimum absolute atomic E-state index is 0.113. The van der Waals surface area contributed by atoms with Crippen molar-refractivity contribution in [3.8, 4) is 5.75 Å². The topological polar surface area (TPSA) is 98.1 Å². The monoisotopic (exact) mass is 457 g/mol. The lowest BCUT2D eigenvalue weighted by Gasteiger charge is -2.15. The van der Waals surface area contributed by atoms with E-state index in [4.69, 9.17) is 4.74 Å². The second-order valence-electron chi connectivity index (χ2n) is 6.85. The number of carbonyl (C=O) groups excluding carboxylic acids is 2. The highest BCUT2D eigenvalue weighted by Crippen LogP contribution is 2.21. The number of methoxy groups -OCH3 is 1. The van der Waals surface area contributed by atoms with Gasteiger partial charge >= 0.3 is 0 Å². The molecule has 3 rings (SSSR count). The first-order valence-electron chi connectivity index (χ1n) is 9.97. The number of aromatic nitrogens is 3. The van der Waals surface area contributed by atoms with Gasteiger partial charge in [0.05, 0.1) is 18.9 Å². The zero-order chi connectivity index (χ0) is 23.1. The third-order valence-electron chi connectivity index (χ3n) is 4.61. The van der Waals surface area contributed by atoms with E-state index in [9.17, 15) is 14.0 Å². The van der Waals surface area contributed by atoms with Crippen molar-refractivity contribution in [2.24, 2.45) is 0 Å². The Labute approximate surface area is 189 Å². The lowest BCUT2D eigenvalue weighted by atomic mass is 10.2. The largest absolute Gasteiger partial charge is 0.497 e. The number of carbonyl (C=O) groups is 2. The molecular formula is C22H24FN5O3S. The summed E-state index contributed by atoms with van der Waals surface area (Å²) in [6.45, 7) is 4.34. The highest BCUT2D eigenvalue weighted by Gasteiger charge is 2.20. The number of anilines is 1. The van der Waals surface area contributed by atoms with Crippen LogP contribution in [0, 0.1) is 5.82 Å². The van der Waals surface area contributed by atoms with Gasteiger partial charge in [0, 0.05) is 17.8 Å². The highest BCUT2D eigenvalue weighted by atomic mass is 32.2. The van der Waals surface area contributed by atoms with Crippen LogP contribution in [0.2, 0.25) is 0 Å². The fourth-order valence-corrected chi connectivity index (χ4v) is 3.78. The Balaban J connectivity index is 1.60. The number of ether oxygens (including phenoxy) is 1. The molecule has 32 heavy (non-hydrogen) atoms. The van der Waals surface area contributed by atoms with Crippen molar-refractivity contribution in [1.29, 1.82) is 0 Å². The summed E-state index contributed by atoms with van der Waals surface area (Å²) in [5.74, 6) is 0.533. The van der Waals surface area contributed by atoms with Crippen molar-refractivity contribution in [2.45, 2.75) is 31.6 Å². The first-order valence-corrected chi connectivity index (χ1v) is 11.0. The van der Waals surface area contributed by atoms with Gasteiger partial charge in [-0.25, -0.2) is 4.39 Å². The van der Waals surface area contributed by atoms with Gasteiger partial charge in [0.15, 0.2) is 11.0 Å². The predicted octanol–water partition coefficient (Wildman–Crippen LogP) is 3.67. The van der Waals surface area contributed by atoms with E-state index in [1.807, 2.05) is 18.4 Å². The van der Waals surface area contributed by atoms with Crippen LogP contribution in [0.1, 0.15) is 36.1 Å². The van der Waals surface area contributed by atoms with Crippen LogP contribution in [-0.4, -0.2) is 39.4 Å². The number of nitrogens with one attached hydrogen (secondary N) is 2. The third kappa shape index (κ3) is 5.85. The lowest BCUT2D eigenvalue weighted by Crippen LogP contribution is -2.28. The van der Waals surface area contributed by atoms with Gasteiger partial charge < -0.3 is 19.9 Å². The van der Waals surface area contributed by atoms with Gasteiger partial charge in [0.2, 0.25) is 5.91 Å². The highest BCUT2D eigenvalue weighted by molar-refractivity contribution is 7.99. The summed E-state index contributed by atoms with van der Waals surface area (Å²) >= 11 is 1.24. The maximum atomic E-state index is 13.0. The molecule has 2 N–H and O–H groups in total. The average Bonchev–Trinajstić information content (AvgIpc) is 3.22. The fraction of sp³-hybridized carbons (Fsp3) is 0.273. The quantitative estimate of drug-likeness (QED) is 0.476. The molecule has 1 heterocycles. The molecule has 1 atom stereocenters. The van der Waals surface area contributed by atoms with E-state index >= 15 is 0 Å². The van der Waals surface area contributed by atoms with Crippen molar-refractivity contribution in [1.82, 2.24) is 20.1 Å². The van der Waals surface area contributed by atoms with Gasteiger partial charge in [0.1, 0.15) is 11.6 Å². The zero-order valence-corrected chi connectivity index (χ0v) is 18.8. The molecule has 3 aromatic rings. The number of thioether (sulfide) groups is 1. The van der Waals surface area contributed by atoms with E-state index in [2.05, 4.69) is 20.8 Å². The smallest absolute Gasteiger partial charge is 0.251 e. The van der Waals surface area contributed by atoms with Crippen LogP contribution in [0.4, 0.5) is 10.1 Å². The standard InChI is InChI=1S/C22H24FN5O3S/c1-4-28-20(14(2)24-21(30)15-5-11-18(31-3)12-6-15)26-27-22(28)32-13-19(29)25-17-9-7-16(23)8-10-17/h5-12,14H,4,13H2,1-3H3,(H,24,30)(H,25,29)/t14-/m1/s1. The van der Waals surface area contributed by atoms with E-state index in [1.165, 1.54) is 36.0 Å². The number of hydrogen-bond donors (Lipinski definition) is 2. The van der Waals surface area contributed by atoms with Crippen LogP contribution in [0.25, 0.3) is 0 Å². The molecule has 2 aromatic carbocycles. The first kappa shape index (κ1) is 23.3. The van der Waals surface area contributed by atoms with Crippen LogP contribution < -0.4 is 15.4 Å². The molecular weight excluding hydrogens is 433 g/mol. The van der Waals surface area contributed by atoms with Gasteiger partial charge in [-0.1, -0.05) is 11.8 Å². The van der Waals surface area contributed by atoms with E-state index in [1.54, 1.807) is 31.4 Å². The molecule has 0 fully saturated rings. The maximum Gasteiger partial charge on any atom is 0.251 e. The van der Waals surface area contributed by atoms with E-state index in [0.717, 1.165) is 0 Å². The summed E-state index contributed by atoms with van der Waals surface area (Å²) in [5.41, 5.74) is 1.02. The molecule has 1 aromatic heterocycles. The maximum absolute atomic E-state index is 13.0. The van der Waals surface area contributed by atoms with Crippen LogP contribution in [0.3, 0.4) is 0 Å². The van der Waals surface area contributed by atoms with Crippen molar-refractivity contribution in [3.63, 3.8) is 0 Å². The summed E-state index contributed by atoms with van der Waals surface area (Å²) < 4.78 is 20.0. The zero-order valence-electron chi connectivity index (χ0n) is 18.0. The Bertz CT molecular complexity index is 1070. The molecule has 0 saturated carbocycles. The van der Waals surface area contributed by atoms with Gasteiger partial charge in [0.25, 0.3) is 5.91 Å². The normalized spacial score (nSPS) is 11.6. The van der Waals surface area contributed by atoms with Crippen molar-refractivity contribution >= 4 is 29.3 Å². The van der Waals surface area contributed by atoms with Gasteiger partial charge in [-0.3, -0.25) is 9.59 Å². The van der Waals surface area contributed by atoms with Crippen molar-refractivity contribution in [3.05, 3.63) is 65.7 Å². The van der Waals surface area contributed by atoms with Gasteiger partial charge in [-0.05, 0) is 62.4 Å². The summed E-state index contributed by atoms with van der Waals surface area (Å²) in [7, 11) is 1.57. The predicted molar refractivity (Wildman–Crippen MR) is 120 cm³/mol. The number of hydrogen-bond acceptors (Lipinski definition) is 6. The molecule has 0 aliphatic heterocycles. The third-order valence-corrected chi connectivity index (χ3v) is 5.58. The number of halogens is 1. The molecule has 0 saturated heterocycles. The molecule has 0 aliphatic rings. The van der Waals surface area contributed by atoms with Crippen molar-refractivity contribution < 1.29 is 18.7 Å². The number of nitrogens with zero attached hydrogens (tertiary/aromatic N) is 3. The molecule has 0 spiro atoms. The molecule has 0 radical (unpaired) electrons. The van der Waals surface area contributed by atoms with E-state index in [0.29, 0.717) is 34.5 Å². The summed E-state index contributed by atoms with van der Waals surface area (Å²) in [6, 6.07) is 12.0. The Kier molecular flexibility index (Phi) is 7.82.